The van der Waals surface area contributed by atoms with Gasteiger partial charge in [0.1, 0.15) is 0 Å². The molecule has 0 saturated carbocycles. The van der Waals surface area contributed by atoms with Crippen LogP contribution in [0.5, 0.6) is 0 Å². The number of aryl methyl sites for hydroxylation is 4. The van der Waals surface area contributed by atoms with Gasteiger partial charge in [-0.25, -0.2) is 0 Å². The van der Waals surface area contributed by atoms with E-state index in [4.69, 9.17) is 0 Å². The second kappa shape index (κ2) is 14.0. The molecule has 0 amide bonds. The fourth-order valence-corrected chi connectivity index (χ4v) is 8.62. The van der Waals surface area contributed by atoms with Crippen molar-refractivity contribution in [3.63, 3.8) is 0 Å². The molecule has 1 aliphatic rings. The summed E-state index contributed by atoms with van der Waals surface area (Å²) in [7, 11) is 0. The lowest BCUT2D eigenvalue weighted by Gasteiger charge is -2.20. The van der Waals surface area contributed by atoms with E-state index in [-0.39, 0.29) is 0 Å². The Bertz CT molecular complexity index is 2750. The zero-order chi connectivity index (χ0) is 36.8. The van der Waals surface area contributed by atoms with Crippen LogP contribution in [-0.2, 0) is 6.42 Å². The zero-order valence-electron chi connectivity index (χ0n) is 31.6. The smallest absolute Gasteiger partial charge is 0.0547 e. The molecule has 1 aromatic heterocycles. The van der Waals surface area contributed by atoms with Crippen LogP contribution in [0.15, 0.2) is 170 Å². The van der Waals surface area contributed by atoms with Gasteiger partial charge in [-0.05, 0) is 131 Å². The van der Waals surface area contributed by atoms with Gasteiger partial charge in [-0.2, -0.15) is 0 Å². The Morgan fingerprint density at radius 1 is 0.519 bits per heavy atom. The van der Waals surface area contributed by atoms with Gasteiger partial charge in [0.2, 0.25) is 0 Å². The summed E-state index contributed by atoms with van der Waals surface area (Å²) in [6, 6.07) is 54.6. The van der Waals surface area contributed by atoms with Gasteiger partial charge in [0, 0.05) is 22.3 Å². The zero-order valence-corrected chi connectivity index (χ0v) is 31.6. The minimum atomic E-state index is 0.366. The summed E-state index contributed by atoms with van der Waals surface area (Å²) in [6.07, 6.45) is 10.9. The van der Waals surface area contributed by atoms with Crippen molar-refractivity contribution in [2.75, 3.05) is 0 Å². The van der Waals surface area contributed by atoms with Crippen molar-refractivity contribution in [1.82, 2.24) is 4.57 Å². The number of aromatic nitrogens is 1. The second-order valence-electron chi connectivity index (χ2n) is 14.9. The number of rotatable bonds is 7. The van der Waals surface area contributed by atoms with Gasteiger partial charge in [-0.15, -0.1) is 0 Å². The first kappa shape index (κ1) is 33.6. The molecule has 1 heterocycles. The first-order valence-corrected chi connectivity index (χ1v) is 19.4. The number of hydrogen-bond acceptors (Lipinski definition) is 0. The van der Waals surface area contributed by atoms with Gasteiger partial charge >= 0.3 is 0 Å². The van der Waals surface area contributed by atoms with Gasteiger partial charge in [0.25, 0.3) is 0 Å². The predicted molar refractivity (Wildman–Crippen MR) is 232 cm³/mol. The molecule has 54 heavy (non-hydrogen) atoms. The van der Waals surface area contributed by atoms with Crippen LogP contribution in [-0.4, -0.2) is 4.57 Å². The lowest BCUT2D eigenvalue weighted by molar-refractivity contribution is 0.855. The highest BCUT2D eigenvalue weighted by atomic mass is 15.0. The summed E-state index contributed by atoms with van der Waals surface area (Å²) in [5.41, 5.74) is 20.4. The predicted octanol–water partition coefficient (Wildman–Crippen LogP) is 14.5. The molecule has 0 N–H and O–H groups in total. The maximum atomic E-state index is 2.56. The monoisotopic (exact) mass is 695 g/mol. The van der Waals surface area contributed by atoms with Gasteiger partial charge in [-0.1, -0.05) is 146 Å². The molecule has 262 valence electrons. The summed E-state index contributed by atoms with van der Waals surface area (Å²) in [6.45, 7) is 8.99. The summed E-state index contributed by atoms with van der Waals surface area (Å²) in [4.78, 5) is 0. The maximum Gasteiger partial charge on any atom is 0.0547 e. The Balaban J connectivity index is 1.29. The van der Waals surface area contributed by atoms with Crippen molar-refractivity contribution in [2.45, 2.75) is 46.5 Å². The molecule has 0 fully saturated rings. The normalized spacial score (nSPS) is 14.0. The van der Waals surface area contributed by atoms with E-state index in [1.165, 1.54) is 99.8 Å². The summed E-state index contributed by atoms with van der Waals surface area (Å²) < 4.78 is 2.56. The Kier molecular flexibility index (Phi) is 8.72. The highest BCUT2D eigenvalue weighted by molar-refractivity contribution is 6.11. The molecule has 1 unspecified atom stereocenters. The third kappa shape index (κ3) is 5.91. The maximum absolute atomic E-state index is 2.56. The first-order valence-electron chi connectivity index (χ1n) is 19.4. The Morgan fingerprint density at radius 3 is 1.96 bits per heavy atom. The first-order chi connectivity index (χ1) is 26.5. The van der Waals surface area contributed by atoms with E-state index in [0.717, 1.165) is 12.8 Å². The molecule has 0 radical (unpaired) electrons. The van der Waals surface area contributed by atoms with Crippen molar-refractivity contribution >= 4 is 21.8 Å². The average Bonchev–Trinajstić information content (AvgIpc) is 3.54. The molecule has 0 spiro atoms. The number of hydrogen-bond donors (Lipinski definition) is 0. The Morgan fingerprint density at radius 2 is 1.19 bits per heavy atom. The molecule has 0 saturated heterocycles. The molecule has 9 rings (SSSR count). The van der Waals surface area contributed by atoms with Crippen LogP contribution in [0.25, 0.3) is 72.0 Å². The van der Waals surface area contributed by atoms with Crippen molar-refractivity contribution in [2.24, 2.45) is 0 Å². The van der Waals surface area contributed by atoms with E-state index in [0.29, 0.717) is 5.92 Å². The van der Waals surface area contributed by atoms with Crippen molar-refractivity contribution < 1.29 is 0 Å². The molecule has 0 bridgehead atoms. The number of benzene rings is 7. The van der Waals surface area contributed by atoms with E-state index in [9.17, 15) is 0 Å². The van der Waals surface area contributed by atoms with E-state index in [1.807, 2.05) is 0 Å². The summed E-state index contributed by atoms with van der Waals surface area (Å²) >= 11 is 0. The lowest BCUT2D eigenvalue weighted by Crippen LogP contribution is -2.02. The minimum absolute atomic E-state index is 0.366. The molecule has 1 atom stereocenters. The van der Waals surface area contributed by atoms with E-state index >= 15 is 0 Å². The average molecular weight is 696 g/mol. The molecule has 0 aliphatic heterocycles. The van der Waals surface area contributed by atoms with Crippen molar-refractivity contribution in [1.29, 1.82) is 0 Å². The Labute approximate surface area is 319 Å². The molecule has 7 aromatic carbocycles. The van der Waals surface area contributed by atoms with E-state index in [2.05, 4.69) is 202 Å². The molecule has 1 aliphatic carbocycles. The standard InChI is InChI=1S/C53H45N/c1-5-38-25-26-42(41-24-23-36(3)48(31-41)45-21-13-12-15-35(45)2)32-49(38)53-37(4)16-14-22-50(53)54-51-33-43(39-17-8-6-9-18-39)27-29-46(51)47-30-28-44(34-52(47)54)40-19-10-7-11-20-40/h6-19,21-34,40H,5,20H2,1-4H3. The molecular formula is C53H45N. The molecular weight excluding hydrogens is 651 g/mol. The fraction of sp³-hybridized carbons (Fsp3) is 0.132. The van der Waals surface area contributed by atoms with Crippen LogP contribution in [0.3, 0.4) is 0 Å². The van der Waals surface area contributed by atoms with Gasteiger partial charge in [0.05, 0.1) is 16.7 Å². The quantitative estimate of drug-likeness (QED) is 0.156. The SMILES string of the molecule is CCc1ccc(-c2ccc(C)c(-c3ccccc3C)c2)cc1-c1c(C)cccc1-n1c2cc(-c3ccccc3)ccc2c2ccc(C3C=CC=CC3)cc21. The van der Waals surface area contributed by atoms with Crippen LogP contribution in [0, 0.1) is 20.8 Å². The third-order valence-electron chi connectivity index (χ3n) is 11.6. The molecule has 8 aromatic rings. The second-order valence-corrected chi connectivity index (χ2v) is 14.9. The highest BCUT2D eigenvalue weighted by Crippen LogP contribution is 2.43. The number of allylic oxidation sites excluding steroid dienone is 4. The summed E-state index contributed by atoms with van der Waals surface area (Å²) in [5.74, 6) is 0.366. The van der Waals surface area contributed by atoms with E-state index < -0.39 is 0 Å². The topological polar surface area (TPSA) is 4.93 Å². The van der Waals surface area contributed by atoms with E-state index in [1.54, 1.807) is 0 Å². The minimum Gasteiger partial charge on any atom is -0.309 e. The molecule has 1 heteroatoms. The fourth-order valence-electron chi connectivity index (χ4n) is 8.62. The number of fused-ring (bicyclic) bond motifs is 3. The van der Waals surface area contributed by atoms with Crippen LogP contribution < -0.4 is 0 Å². The van der Waals surface area contributed by atoms with Crippen LogP contribution >= 0.6 is 0 Å². The Hall–Kier alpha value is -6.18. The van der Waals surface area contributed by atoms with Crippen LogP contribution in [0.2, 0.25) is 0 Å². The summed E-state index contributed by atoms with van der Waals surface area (Å²) in [5, 5.41) is 2.56. The van der Waals surface area contributed by atoms with Crippen LogP contribution in [0.4, 0.5) is 0 Å². The third-order valence-corrected chi connectivity index (χ3v) is 11.6. The molecule has 1 nitrogen and oxygen atoms in total. The van der Waals surface area contributed by atoms with Gasteiger partial charge in [-0.3, -0.25) is 0 Å². The van der Waals surface area contributed by atoms with Crippen LogP contribution in [0.1, 0.15) is 47.1 Å². The van der Waals surface area contributed by atoms with Gasteiger partial charge in [0.15, 0.2) is 0 Å². The van der Waals surface area contributed by atoms with Crippen molar-refractivity contribution in [3.05, 3.63) is 198 Å². The lowest BCUT2D eigenvalue weighted by atomic mass is 9.88. The largest absolute Gasteiger partial charge is 0.309 e. The van der Waals surface area contributed by atoms with Crippen molar-refractivity contribution in [3.8, 4) is 50.2 Å². The highest BCUT2D eigenvalue weighted by Gasteiger charge is 2.21. The van der Waals surface area contributed by atoms with Gasteiger partial charge < -0.3 is 4.57 Å². The number of nitrogens with zero attached hydrogens (tertiary/aromatic N) is 1.